The van der Waals surface area contributed by atoms with Crippen LogP contribution in [0.3, 0.4) is 0 Å². The van der Waals surface area contributed by atoms with Gasteiger partial charge in [0, 0.05) is 6.54 Å². The maximum absolute atomic E-state index is 14.0. The first-order chi connectivity index (χ1) is 21.1. The van der Waals surface area contributed by atoms with Crippen molar-refractivity contribution in [3.8, 4) is 0 Å². The molecule has 1 unspecified atom stereocenters. The normalized spacial score (nSPS) is 23.4. The number of nitrogens with one attached hydrogen (secondary N) is 3. The molecule has 12 heteroatoms. The average Bonchev–Trinajstić information content (AvgIpc) is 3.84. The van der Waals surface area contributed by atoms with E-state index in [9.17, 15) is 28.8 Å². The van der Waals surface area contributed by atoms with E-state index in [-0.39, 0.29) is 41.6 Å². The van der Waals surface area contributed by atoms with Gasteiger partial charge in [-0.1, -0.05) is 84.7 Å². The number of carbonyl (C=O) groups is 6. The second-order valence-corrected chi connectivity index (χ2v) is 14.0. The topological polar surface area (TPSA) is 177 Å². The van der Waals surface area contributed by atoms with E-state index in [4.69, 9.17) is 10.5 Å². The van der Waals surface area contributed by atoms with Crippen LogP contribution in [0.15, 0.2) is 30.3 Å². The van der Waals surface area contributed by atoms with E-state index < -0.39 is 59.7 Å². The van der Waals surface area contributed by atoms with Gasteiger partial charge in [0.1, 0.15) is 24.7 Å². The van der Waals surface area contributed by atoms with E-state index in [1.54, 1.807) is 27.7 Å². The minimum atomic E-state index is -1.11. The maximum atomic E-state index is 14.0. The van der Waals surface area contributed by atoms with Gasteiger partial charge in [0.05, 0.1) is 6.04 Å². The second kappa shape index (κ2) is 13.6. The summed E-state index contributed by atoms with van der Waals surface area (Å²) in [5.41, 5.74) is 5.89. The van der Waals surface area contributed by atoms with Crippen LogP contribution in [0.5, 0.6) is 0 Å². The quantitative estimate of drug-likeness (QED) is 0.180. The van der Waals surface area contributed by atoms with Gasteiger partial charge < -0.3 is 31.3 Å². The van der Waals surface area contributed by atoms with Crippen molar-refractivity contribution in [2.24, 2.45) is 40.7 Å². The minimum Gasteiger partial charge on any atom is -0.459 e. The molecule has 6 atom stereocenters. The van der Waals surface area contributed by atoms with Crippen molar-refractivity contribution in [1.82, 2.24) is 20.9 Å². The van der Waals surface area contributed by atoms with Crippen LogP contribution in [0.1, 0.15) is 66.4 Å². The molecule has 1 heterocycles. The second-order valence-electron chi connectivity index (χ2n) is 14.0. The van der Waals surface area contributed by atoms with Crippen LogP contribution >= 0.6 is 0 Å². The zero-order valence-corrected chi connectivity index (χ0v) is 27.0. The smallest absolute Gasteiger partial charge is 0.329 e. The molecule has 12 nitrogen and oxygen atoms in total. The summed E-state index contributed by atoms with van der Waals surface area (Å²) in [7, 11) is 0. The molecule has 1 aromatic carbocycles. The molecule has 0 radical (unpaired) electrons. The summed E-state index contributed by atoms with van der Waals surface area (Å²) < 4.78 is 5.45. The fraction of sp³-hybridized carbons (Fsp3) is 0.636. The van der Waals surface area contributed by atoms with Crippen molar-refractivity contribution >= 4 is 35.5 Å². The number of primary amides is 1. The van der Waals surface area contributed by atoms with Crippen molar-refractivity contribution in [3.63, 3.8) is 0 Å². The number of carbonyl (C=O) groups excluding carboxylic acids is 6. The number of ketones is 1. The highest BCUT2D eigenvalue weighted by molar-refractivity contribution is 6.37. The first kappa shape index (κ1) is 33.9. The van der Waals surface area contributed by atoms with Crippen LogP contribution in [0.25, 0.3) is 0 Å². The fourth-order valence-electron chi connectivity index (χ4n) is 6.49. The number of benzene rings is 1. The van der Waals surface area contributed by atoms with Crippen LogP contribution in [0.4, 0.5) is 4.79 Å². The Morgan fingerprint density at radius 2 is 1.53 bits per heavy atom. The van der Waals surface area contributed by atoms with E-state index in [1.807, 2.05) is 44.2 Å². The number of nitrogens with zero attached hydrogens (tertiary/aromatic N) is 1. The van der Waals surface area contributed by atoms with Gasteiger partial charge in [-0.05, 0) is 47.0 Å². The molecule has 0 spiro atoms. The number of piperidine rings is 1. The molecule has 0 aromatic heterocycles. The third-order valence-corrected chi connectivity index (χ3v) is 9.55. The number of likely N-dealkylation sites (tertiary alicyclic amines) is 1. The van der Waals surface area contributed by atoms with Gasteiger partial charge in [-0.15, -0.1) is 0 Å². The number of rotatable bonds is 14. The maximum Gasteiger partial charge on any atom is 0.329 e. The highest BCUT2D eigenvalue weighted by atomic mass is 16.5. The summed E-state index contributed by atoms with van der Waals surface area (Å²) in [6.07, 6.45) is 2.15. The van der Waals surface area contributed by atoms with E-state index in [0.29, 0.717) is 13.0 Å². The highest BCUT2D eigenvalue weighted by Gasteiger charge is 2.69. The number of Topliss-reactive ketones (excluding diaryl/α,β-unsaturated/α-hetero) is 1. The van der Waals surface area contributed by atoms with Crippen LogP contribution < -0.4 is 21.7 Å². The lowest BCUT2D eigenvalue weighted by Crippen LogP contribution is -2.60. The van der Waals surface area contributed by atoms with Gasteiger partial charge in [-0.25, -0.2) is 9.59 Å². The highest BCUT2D eigenvalue weighted by Crippen LogP contribution is 2.65. The molecule has 1 aliphatic heterocycles. The van der Waals surface area contributed by atoms with E-state index in [0.717, 1.165) is 18.4 Å². The van der Waals surface area contributed by atoms with Crippen molar-refractivity contribution < 1.29 is 33.5 Å². The Morgan fingerprint density at radius 1 is 0.933 bits per heavy atom. The molecule has 246 valence electrons. The molecular weight excluding hydrogens is 578 g/mol. The molecule has 0 bridgehead atoms. The van der Waals surface area contributed by atoms with E-state index in [2.05, 4.69) is 16.0 Å². The van der Waals surface area contributed by atoms with Crippen molar-refractivity contribution in [2.75, 3.05) is 6.54 Å². The van der Waals surface area contributed by atoms with Gasteiger partial charge in [-0.2, -0.15) is 0 Å². The van der Waals surface area contributed by atoms with Gasteiger partial charge >= 0.3 is 12.0 Å². The van der Waals surface area contributed by atoms with Crippen LogP contribution in [0.2, 0.25) is 0 Å². The molecule has 2 saturated carbocycles. The minimum absolute atomic E-state index is 0.0585. The number of hydrogen-bond donors (Lipinski definition) is 4. The number of nitrogens with two attached hydrogens (primary N) is 1. The molecule has 2 aliphatic carbocycles. The molecule has 5 amide bonds. The Labute approximate surface area is 264 Å². The molecule has 1 aromatic rings. The zero-order valence-electron chi connectivity index (χ0n) is 27.0. The van der Waals surface area contributed by atoms with Gasteiger partial charge in [0.15, 0.2) is 0 Å². The lowest BCUT2D eigenvalue weighted by molar-refractivity contribution is -0.148. The third-order valence-electron chi connectivity index (χ3n) is 9.55. The number of esters is 1. The summed E-state index contributed by atoms with van der Waals surface area (Å²) in [4.78, 5) is 79.6. The molecule has 45 heavy (non-hydrogen) atoms. The molecule has 3 aliphatic rings. The number of fused-ring (bicyclic) bond motifs is 1. The molecular formula is C33H47N5O7. The van der Waals surface area contributed by atoms with Gasteiger partial charge in [0.2, 0.25) is 17.6 Å². The average molecular weight is 626 g/mol. The van der Waals surface area contributed by atoms with E-state index in [1.165, 1.54) is 4.90 Å². The summed E-state index contributed by atoms with van der Waals surface area (Å²) in [5, 5.41) is 8.14. The van der Waals surface area contributed by atoms with Crippen molar-refractivity contribution in [2.45, 2.75) is 91.6 Å². The standard InChI is InChI=1S/C33H47N5O7/c1-17(2)24(36-32(44)37-25(18(3)4)31(43)45-16-20-10-8-7-9-11-20)30(42)38-15-21-23(33(21,5)6)26(38)29(41)35-22(14-19-12-13-19)27(39)28(34)40/h7-11,17-19,21-26H,12-16H2,1-6H3,(H2,34,40)(H,35,41)(H2,36,37,44)/t21-,22?,23-,24-,25-,26-/m0/s1. The Balaban J connectivity index is 1.44. The summed E-state index contributed by atoms with van der Waals surface area (Å²) in [6.45, 7) is 11.6. The summed E-state index contributed by atoms with van der Waals surface area (Å²) >= 11 is 0. The third kappa shape index (κ3) is 7.83. The van der Waals surface area contributed by atoms with E-state index >= 15 is 0 Å². The zero-order chi connectivity index (χ0) is 33.2. The first-order valence-electron chi connectivity index (χ1n) is 15.9. The molecule has 4 rings (SSSR count). The largest absolute Gasteiger partial charge is 0.459 e. The Hall–Kier alpha value is -3.96. The monoisotopic (exact) mass is 625 g/mol. The molecule has 5 N–H and O–H groups in total. The Bertz CT molecular complexity index is 1310. The number of ether oxygens (including phenoxy) is 1. The number of amides is 5. The van der Waals surface area contributed by atoms with Gasteiger partial charge in [0.25, 0.3) is 5.91 Å². The lowest BCUT2D eigenvalue weighted by atomic mass is 9.96. The lowest BCUT2D eigenvalue weighted by Gasteiger charge is -2.35. The summed E-state index contributed by atoms with van der Waals surface area (Å²) in [6, 6.07) is 4.62. The fourth-order valence-corrected chi connectivity index (χ4v) is 6.49. The van der Waals surface area contributed by atoms with Crippen LogP contribution in [-0.4, -0.2) is 71.1 Å². The predicted octanol–water partition coefficient (Wildman–Crippen LogP) is 1.90. The number of hydrogen-bond acceptors (Lipinski definition) is 7. The van der Waals surface area contributed by atoms with Gasteiger partial charge in [-0.3, -0.25) is 19.2 Å². The van der Waals surface area contributed by atoms with Crippen LogP contribution in [-0.2, 0) is 35.3 Å². The predicted molar refractivity (Wildman–Crippen MR) is 165 cm³/mol. The first-order valence-corrected chi connectivity index (χ1v) is 15.9. The van der Waals surface area contributed by atoms with Crippen molar-refractivity contribution in [1.29, 1.82) is 0 Å². The molecule has 1 saturated heterocycles. The number of urea groups is 1. The van der Waals surface area contributed by atoms with Crippen LogP contribution in [0, 0.1) is 35.0 Å². The van der Waals surface area contributed by atoms with Crippen molar-refractivity contribution in [3.05, 3.63) is 35.9 Å². The Kier molecular flexibility index (Phi) is 10.2. The molecule has 3 fully saturated rings. The SMILES string of the molecule is CC(C)[C@H](NC(=O)N[C@H](C(=O)N1C[C@H]2[C@@H]([C@H]1C(=O)NC(CC1CC1)C(=O)C(N)=O)C2(C)C)C(C)C)C(=O)OCc1ccccc1. The summed E-state index contributed by atoms with van der Waals surface area (Å²) in [5.74, 6) is -3.97. The Morgan fingerprint density at radius 3 is 2.09 bits per heavy atom.